The molecule has 208 valence electrons. The van der Waals surface area contributed by atoms with E-state index in [2.05, 4.69) is 5.32 Å². The highest BCUT2D eigenvalue weighted by Crippen LogP contribution is 2.27. The first-order valence-corrected chi connectivity index (χ1v) is 14.8. The summed E-state index contributed by atoms with van der Waals surface area (Å²) in [7, 11) is -4.13. The third kappa shape index (κ3) is 8.07. The molecule has 0 aliphatic carbocycles. The van der Waals surface area contributed by atoms with Crippen LogP contribution >= 0.6 is 11.6 Å². The Morgan fingerprint density at radius 2 is 1.64 bits per heavy atom. The van der Waals surface area contributed by atoms with Gasteiger partial charge in [0.1, 0.15) is 12.6 Å². The number of hydrogen-bond donors (Lipinski definition) is 1. The number of nitrogens with zero attached hydrogens (tertiary/aromatic N) is 2. The molecule has 3 aromatic carbocycles. The molecule has 0 saturated heterocycles. The molecule has 0 spiro atoms. The van der Waals surface area contributed by atoms with E-state index in [1.54, 1.807) is 37.3 Å². The van der Waals surface area contributed by atoms with E-state index >= 15 is 0 Å². The van der Waals surface area contributed by atoms with Crippen LogP contribution in [0.1, 0.15) is 43.4 Å². The van der Waals surface area contributed by atoms with Gasteiger partial charge in [-0.05, 0) is 63.1 Å². The number of carbonyl (C=O) groups is 2. The van der Waals surface area contributed by atoms with Crippen molar-refractivity contribution in [2.24, 2.45) is 0 Å². The van der Waals surface area contributed by atoms with Gasteiger partial charge < -0.3 is 10.2 Å². The van der Waals surface area contributed by atoms with Crippen LogP contribution < -0.4 is 9.62 Å². The number of halogens is 1. The topological polar surface area (TPSA) is 86.8 Å². The van der Waals surface area contributed by atoms with Crippen molar-refractivity contribution >= 4 is 39.1 Å². The normalized spacial score (nSPS) is 12.0. The number of anilines is 1. The molecule has 39 heavy (non-hydrogen) atoms. The molecule has 0 fully saturated rings. The minimum atomic E-state index is -4.13. The number of nitrogens with one attached hydrogen (secondary N) is 1. The lowest BCUT2D eigenvalue weighted by Crippen LogP contribution is -2.51. The van der Waals surface area contributed by atoms with Gasteiger partial charge in [0.25, 0.3) is 10.0 Å². The number of benzene rings is 3. The van der Waals surface area contributed by atoms with E-state index in [1.807, 2.05) is 45.0 Å². The van der Waals surface area contributed by atoms with Gasteiger partial charge in [-0.15, -0.1) is 0 Å². The average molecular weight is 570 g/mol. The summed E-state index contributed by atoms with van der Waals surface area (Å²) < 4.78 is 28.7. The first-order chi connectivity index (χ1) is 18.5. The van der Waals surface area contributed by atoms with Crippen molar-refractivity contribution in [2.75, 3.05) is 17.4 Å². The Kier molecular flexibility index (Phi) is 10.5. The molecule has 2 amide bonds. The van der Waals surface area contributed by atoms with Gasteiger partial charge in [-0.3, -0.25) is 13.9 Å². The quantitative estimate of drug-likeness (QED) is 0.292. The third-order valence-electron chi connectivity index (χ3n) is 6.42. The maximum absolute atomic E-state index is 13.9. The van der Waals surface area contributed by atoms with Crippen molar-refractivity contribution in [1.82, 2.24) is 10.2 Å². The Labute approximate surface area is 236 Å². The number of aryl methyl sites for hydroxylation is 2. The number of rotatable bonds is 12. The van der Waals surface area contributed by atoms with E-state index in [0.717, 1.165) is 33.8 Å². The van der Waals surface area contributed by atoms with Crippen molar-refractivity contribution in [3.63, 3.8) is 0 Å². The summed E-state index contributed by atoms with van der Waals surface area (Å²) in [5, 5.41) is 3.22. The summed E-state index contributed by atoms with van der Waals surface area (Å²) in [4.78, 5) is 28.4. The molecule has 0 aliphatic rings. The zero-order valence-electron chi connectivity index (χ0n) is 22.9. The molecule has 0 aromatic heterocycles. The van der Waals surface area contributed by atoms with Crippen LogP contribution in [0, 0.1) is 13.8 Å². The fourth-order valence-corrected chi connectivity index (χ4v) is 5.71. The number of hydrogen-bond acceptors (Lipinski definition) is 4. The van der Waals surface area contributed by atoms with Gasteiger partial charge in [-0.2, -0.15) is 0 Å². The van der Waals surface area contributed by atoms with Crippen molar-refractivity contribution in [3.05, 3.63) is 94.5 Å². The summed E-state index contributed by atoms with van der Waals surface area (Å²) in [5.74, 6) is -0.800. The van der Waals surface area contributed by atoms with E-state index in [-0.39, 0.29) is 23.0 Å². The molecule has 0 aliphatic heterocycles. The second-order valence-corrected chi connectivity index (χ2v) is 11.9. The molecular weight excluding hydrogens is 534 g/mol. The largest absolute Gasteiger partial charge is 0.354 e. The molecule has 1 unspecified atom stereocenters. The Balaban J connectivity index is 2.00. The molecule has 3 aromatic rings. The maximum atomic E-state index is 13.9. The molecule has 0 saturated carbocycles. The summed E-state index contributed by atoms with van der Waals surface area (Å²) in [5.41, 5.74) is 3.02. The van der Waals surface area contributed by atoms with Crippen molar-refractivity contribution < 1.29 is 18.0 Å². The molecular formula is C30H36ClN3O4S. The lowest BCUT2D eigenvalue weighted by atomic mass is 10.1. The molecule has 3 rings (SSSR count). The van der Waals surface area contributed by atoms with E-state index in [0.29, 0.717) is 11.6 Å². The SMILES string of the molecule is CCCCNC(=O)C(C)N(Cc1cccc(C)c1)C(=O)CN(c1cccc(Cl)c1)S(=O)(=O)c1ccc(C)cc1. The van der Waals surface area contributed by atoms with Gasteiger partial charge in [0, 0.05) is 18.1 Å². The maximum Gasteiger partial charge on any atom is 0.264 e. The van der Waals surface area contributed by atoms with E-state index in [1.165, 1.54) is 23.1 Å². The van der Waals surface area contributed by atoms with Gasteiger partial charge >= 0.3 is 0 Å². The summed E-state index contributed by atoms with van der Waals surface area (Å²) in [6, 6.07) is 19.7. The Morgan fingerprint density at radius 3 is 2.28 bits per heavy atom. The molecule has 0 heterocycles. The van der Waals surface area contributed by atoms with Gasteiger partial charge in [0.05, 0.1) is 10.6 Å². The minimum absolute atomic E-state index is 0.0523. The molecule has 0 radical (unpaired) electrons. The van der Waals surface area contributed by atoms with Crippen LogP contribution in [0.3, 0.4) is 0 Å². The van der Waals surface area contributed by atoms with E-state index in [4.69, 9.17) is 11.6 Å². The van der Waals surface area contributed by atoms with Crippen molar-refractivity contribution in [3.8, 4) is 0 Å². The van der Waals surface area contributed by atoms with Gasteiger partial charge in [-0.1, -0.05) is 78.5 Å². The fourth-order valence-electron chi connectivity index (χ4n) is 4.12. The Morgan fingerprint density at radius 1 is 0.949 bits per heavy atom. The number of unbranched alkanes of at least 4 members (excludes halogenated alkanes) is 1. The van der Waals surface area contributed by atoms with Crippen LogP contribution in [0.15, 0.2) is 77.7 Å². The number of sulfonamides is 1. The monoisotopic (exact) mass is 569 g/mol. The predicted octanol–water partition coefficient (Wildman–Crippen LogP) is 5.49. The highest BCUT2D eigenvalue weighted by Gasteiger charge is 2.32. The summed E-state index contributed by atoms with van der Waals surface area (Å²) >= 11 is 6.21. The second kappa shape index (κ2) is 13.6. The van der Waals surface area contributed by atoms with Crippen molar-refractivity contribution in [1.29, 1.82) is 0 Å². The van der Waals surface area contributed by atoms with Crippen LogP contribution in [-0.2, 0) is 26.2 Å². The van der Waals surface area contributed by atoms with Crippen LogP contribution in [0.2, 0.25) is 5.02 Å². The molecule has 0 bridgehead atoms. The zero-order chi connectivity index (χ0) is 28.6. The Bertz CT molecular complexity index is 1390. The molecule has 7 nitrogen and oxygen atoms in total. The Hall–Kier alpha value is -3.36. The van der Waals surface area contributed by atoms with Crippen LogP contribution in [-0.4, -0.2) is 44.3 Å². The van der Waals surface area contributed by atoms with Gasteiger partial charge in [0.2, 0.25) is 11.8 Å². The molecule has 9 heteroatoms. The van der Waals surface area contributed by atoms with Crippen LogP contribution in [0.25, 0.3) is 0 Å². The average Bonchev–Trinajstić information content (AvgIpc) is 2.90. The predicted molar refractivity (Wildman–Crippen MR) is 156 cm³/mol. The first kappa shape index (κ1) is 30.2. The number of carbonyl (C=O) groups excluding carboxylic acids is 2. The third-order valence-corrected chi connectivity index (χ3v) is 8.44. The smallest absolute Gasteiger partial charge is 0.264 e. The minimum Gasteiger partial charge on any atom is -0.354 e. The van der Waals surface area contributed by atoms with Crippen molar-refractivity contribution in [2.45, 2.75) is 58.0 Å². The lowest BCUT2D eigenvalue weighted by Gasteiger charge is -2.32. The summed E-state index contributed by atoms with van der Waals surface area (Å²) in [6.07, 6.45) is 1.74. The van der Waals surface area contributed by atoms with E-state index < -0.39 is 28.5 Å². The molecule has 1 atom stereocenters. The highest BCUT2D eigenvalue weighted by molar-refractivity contribution is 7.92. The summed E-state index contributed by atoms with van der Waals surface area (Å²) in [6.45, 7) is 7.65. The number of amides is 2. The second-order valence-electron chi connectivity index (χ2n) is 9.64. The van der Waals surface area contributed by atoms with Crippen LogP contribution in [0.4, 0.5) is 5.69 Å². The van der Waals surface area contributed by atoms with E-state index in [9.17, 15) is 18.0 Å². The standard InChI is InChI=1S/C30H36ClN3O4S/c1-5-6-17-32-30(36)24(4)33(20-25-10-7-9-23(3)18-25)29(35)21-34(27-12-8-11-26(31)19-27)39(37,38)28-15-13-22(2)14-16-28/h7-16,18-19,24H,5-6,17,20-21H2,1-4H3,(H,32,36). The van der Waals surface area contributed by atoms with Gasteiger partial charge in [0.15, 0.2) is 0 Å². The molecule has 1 N–H and O–H groups in total. The first-order valence-electron chi connectivity index (χ1n) is 13.0. The fraction of sp³-hybridized carbons (Fsp3) is 0.333. The zero-order valence-corrected chi connectivity index (χ0v) is 24.4. The highest BCUT2D eigenvalue weighted by atomic mass is 35.5. The van der Waals surface area contributed by atoms with Gasteiger partial charge in [-0.25, -0.2) is 8.42 Å². The van der Waals surface area contributed by atoms with Crippen LogP contribution in [0.5, 0.6) is 0 Å². The lowest BCUT2D eigenvalue weighted by molar-refractivity contribution is -0.139.